The number of aliphatic hydroxyl groups excluding tert-OH is 1. The molecule has 0 rings (SSSR count). The Kier molecular flexibility index (Phi) is 33.7. The summed E-state index contributed by atoms with van der Waals surface area (Å²) < 4.78 is 26.7. The monoisotopic (exact) mass is 689 g/mol. The Morgan fingerprint density at radius 2 is 1.09 bits per heavy atom. The highest BCUT2D eigenvalue weighted by Crippen LogP contribution is 2.42. The van der Waals surface area contributed by atoms with Crippen molar-refractivity contribution in [3.63, 3.8) is 0 Å². The number of amides is 1. The van der Waals surface area contributed by atoms with Gasteiger partial charge in [0.15, 0.2) is 0 Å². The normalized spacial score (nSPS) is 13.5. The number of unbranched alkanes of at least 4 members (excludes halogenated alkanes) is 21. The van der Waals surface area contributed by atoms with E-state index >= 15 is 0 Å². The van der Waals surface area contributed by atoms with Crippen molar-refractivity contribution in [2.24, 2.45) is 0 Å². The standard InChI is InChI=1S/C37H72NO8P/c1-3-5-7-9-11-13-15-17-18-19-21-23-25-27-29-36(40)38-31-32-45-47(42,43)46-34-35(39)33-44-37(41)30-28-26-24-22-20-16-14-12-10-8-6-4-2/h15,17,35,39H,3-14,16,18-34H2,1-2H3,(H,38,40)(H,42,43)/b17-15-. The Balaban J connectivity index is 3.62. The minimum Gasteiger partial charge on any atom is -0.463 e. The van der Waals surface area contributed by atoms with Gasteiger partial charge in [-0.15, -0.1) is 0 Å². The number of aliphatic hydroxyl groups is 1. The molecular formula is C37H72NO8P. The van der Waals surface area contributed by atoms with Crippen LogP contribution in [0.1, 0.15) is 181 Å². The fraction of sp³-hybridized carbons (Fsp3) is 0.892. The maximum absolute atomic E-state index is 12.0. The molecule has 0 saturated carbocycles. The zero-order valence-electron chi connectivity index (χ0n) is 30.2. The van der Waals surface area contributed by atoms with Gasteiger partial charge in [0.05, 0.1) is 13.2 Å². The molecule has 1 amide bonds. The van der Waals surface area contributed by atoms with Crippen LogP contribution < -0.4 is 5.32 Å². The van der Waals surface area contributed by atoms with Crippen molar-refractivity contribution < 1.29 is 37.9 Å². The second kappa shape index (κ2) is 34.6. The molecule has 0 heterocycles. The van der Waals surface area contributed by atoms with E-state index < -0.39 is 26.5 Å². The van der Waals surface area contributed by atoms with E-state index in [1.165, 1.54) is 109 Å². The smallest absolute Gasteiger partial charge is 0.463 e. The first kappa shape index (κ1) is 45.8. The Labute approximate surface area is 288 Å². The van der Waals surface area contributed by atoms with Crippen LogP contribution in [0, 0.1) is 0 Å². The van der Waals surface area contributed by atoms with Crippen molar-refractivity contribution in [1.29, 1.82) is 0 Å². The molecule has 278 valence electrons. The van der Waals surface area contributed by atoms with Crippen LogP contribution in [-0.4, -0.2) is 54.3 Å². The number of carbonyl (C=O) groups is 2. The van der Waals surface area contributed by atoms with Crippen molar-refractivity contribution >= 4 is 19.7 Å². The molecule has 0 aromatic heterocycles. The van der Waals surface area contributed by atoms with Crippen molar-refractivity contribution in [2.45, 2.75) is 187 Å². The molecule has 0 spiro atoms. The topological polar surface area (TPSA) is 131 Å². The third kappa shape index (κ3) is 35.9. The van der Waals surface area contributed by atoms with Gasteiger partial charge in [-0.25, -0.2) is 4.57 Å². The van der Waals surface area contributed by atoms with E-state index in [1.807, 2.05) is 0 Å². The number of ether oxygens (including phenoxy) is 1. The fourth-order valence-corrected chi connectivity index (χ4v) is 6.01. The van der Waals surface area contributed by atoms with Crippen LogP contribution in [0.25, 0.3) is 0 Å². The van der Waals surface area contributed by atoms with Gasteiger partial charge in [-0.05, 0) is 38.5 Å². The van der Waals surface area contributed by atoms with E-state index in [2.05, 4.69) is 31.3 Å². The predicted molar refractivity (Wildman–Crippen MR) is 192 cm³/mol. The van der Waals surface area contributed by atoms with E-state index in [9.17, 15) is 24.2 Å². The summed E-state index contributed by atoms with van der Waals surface area (Å²) in [5.74, 6) is -0.522. The number of esters is 1. The van der Waals surface area contributed by atoms with Gasteiger partial charge in [-0.1, -0.05) is 142 Å². The van der Waals surface area contributed by atoms with Gasteiger partial charge in [-0.3, -0.25) is 18.6 Å². The van der Waals surface area contributed by atoms with Gasteiger partial charge >= 0.3 is 13.8 Å². The Morgan fingerprint density at radius 1 is 0.638 bits per heavy atom. The van der Waals surface area contributed by atoms with Crippen LogP contribution >= 0.6 is 7.82 Å². The molecule has 0 aromatic rings. The molecule has 0 fully saturated rings. The highest BCUT2D eigenvalue weighted by Gasteiger charge is 2.23. The summed E-state index contributed by atoms with van der Waals surface area (Å²) in [5, 5.41) is 12.6. The van der Waals surface area contributed by atoms with Crippen molar-refractivity contribution in [3.8, 4) is 0 Å². The molecule has 2 atom stereocenters. The zero-order chi connectivity index (χ0) is 34.7. The first-order valence-electron chi connectivity index (χ1n) is 19.2. The second-order valence-electron chi connectivity index (χ2n) is 12.9. The molecular weight excluding hydrogens is 617 g/mol. The highest BCUT2D eigenvalue weighted by molar-refractivity contribution is 7.47. The maximum Gasteiger partial charge on any atom is 0.472 e. The molecule has 3 N–H and O–H groups in total. The summed E-state index contributed by atoms with van der Waals surface area (Å²) in [6.07, 6.45) is 32.8. The molecule has 0 bridgehead atoms. The molecule has 47 heavy (non-hydrogen) atoms. The number of rotatable bonds is 36. The van der Waals surface area contributed by atoms with E-state index in [4.69, 9.17) is 13.8 Å². The van der Waals surface area contributed by atoms with E-state index in [1.54, 1.807) is 0 Å². The van der Waals surface area contributed by atoms with Gasteiger partial charge in [0.2, 0.25) is 5.91 Å². The van der Waals surface area contributed by atoms with Gasteiger partial charge < -0.3 is 20.1 Å². The van der Waals surface area contributed by atoms with Crippen LogP contribution in [0.3, 0.4) is 0 Å². The largest absolute Gasteiger partial charge is 0.472 e. The summed E-state index contributed by atoms with van der Waals surface area (Å²) in [6.45, 7) is 3.53. The third-order valence-electron chi connectivity index (χ3n) is 8.20. The average Bonchev–Trinajstić information content (AvgIpc) is 3.05. The number of hydrogen-bond donors (Lipinski definition) is 3. The van der Waals surface area contributed by atoms with Crippen molar-refractivity contribution in [3.05, 3.63) is 12.2 Å². The van der Waals surface area contributed by atoms with Crippen LogP contribution in [0.4, 0.5) is 0 Å². The first-order valence-corrected chi connectivity index (χ1v) is 20.7. The predicted octanol–water partition coefficient (Wildman–Crippen LogP) is 9.88. The SMILES string of the molecule is CCCCCCC/C=C\CCCCCCCC(=O)NCCOP(=O)(O)OCC(O)COC(=O)CCCCCCCCCCCCCC. The lowest BCUT2D eigenvalue weighted by molar-refractivity contribution is -0.147. The molecule has 0 aliphatic rings. The summed E-state index contributed by atoms with van der Waals surface area (Å²) in [7, 11) is -4.41. The number of carbonyl (C=O) groups excluding carboxylic acids is 2. The quantitative estimate of drug-likeness (QED) is 0.0256. The van der Waals surface area contributed by atoms with Crippen molar-refractivity contribution in [2.75, 3.05) is 26.4 Å². The Hall–Kier alpha value is -1.25. The molecule has 0 saturated heterocycles. The van der Waals surface area contributed by atoms with Gasteiger partial charge in [0.25, 0.3) is 0 Å². The lowest BCUT2D eigenvalue weighted by atomic mass is 10.0. The van der Waals surface area contributed by atoms with Crippen molar-refractivity contribution in [1.82, 2.24) is 5.32 Å². The first-order chi connectivity index (χ1) is 22.8. The minimum absolute atomic E-state index is 0.0803. The molecule has 0 radical (unpaired) electrons. The zero-order valence-corrected chi connectivity index (χ0v) is 31.1. The number of hydrogen-bond acceptors (Lipinski definition) is 7. The molecule has 2 unspecified atom stereocenters. The second-order valence-corrected chi connectivity index (χ2v) is 14.4. The van der Waals surface area contributed by atoms with E-state index in [0.29, 0.717) is 6.42 Å². The highest BCUT2D eigenvalue weighted by atomic mass is 31.2. The van der Waals surface area contributed by atoms with E-state index in [-0.39, 0.29) is 32.1 Å². The number of allylic oxidation sites excluding steroid dienone is 2. The maximum atomic E-state index is 12.0. The number of phosphoric acid groups is 1. The number of phosphoric ester groups is 1. The third-order valence-corrected chi connectivity index (χ3v) is 9.18. The van der Waals surface area contributed by atoms with E-state index in [0.717, 1.165) is 44.9 Å². The molecule has 0 aliphatic heterocycles. The van der Waals surface area contributed by atoms with Gasteiger partial charge in [0.1, 0.15) is 12.7 Å². The summed E-state index contributed by atoms with van der Waals surface area (Å²) in [5.41, 5.74) is 0. The summed E-state index contributed by atoms with van der Waals surface area (Å²) in [4.78, 5) is 33.7. The van der Waals surface area contributed by atoms with Crippen LogP contribution in [0.5, 0.6) is 0 Å². The van der Waals surface area contributed by atoms with Gasteiger partial charge in [0, 0.05) is 19.4 Å². The van der Waals surface area contributed by atoms with Gasteiger partial charge in [-0.2, -0.15) is 0 Å². The summed E-state index contributed by atoms with van der Waals surface area (Å²) in [6, 6.07) is 0. The molecule has 0 aromatic carbocycles. The average molecular weight is 690 g/mol. The van der Waals surface area contributed by atoms with Crippen LogP contribution in [0.15, 0.2) is 12.2 Å². The molecule has 9 nitrogen and oxygen atoms in total. The lowest BCUT2D eigenvalue weighted by Crippen LogP contribution is -2.27. The Morgan fingerprint density at radius 3 is 1.60 bits per heavy atom. The molecule has 0 aliphatic carbocycles. The lowest BCUT2D eigenvalue weighted by Gasteiger charge is -2.15. The number of nitrogens with one attached hydrogen (secondary N) is 1. The Bertz CT molecular complexity index is 794. The molecule has 10 heteroatoms. The van der Waals surface area contributed by atoms with Crippen LogP contribution in [-0.2, 0) is 27.9 Å². The summed E-state index contributed by atoms with van der Waals surface area (Å²) >= 11 is 0. The van der Waals surface area contributed by atoms with Crippen LogP contribution in [0.2, 0.25) is 0 Å². The fourth-order valence-electron chi connectivity index (χ4n) is 5.26. The minimum atomic E-state index is -4.41.